The van der Waals surface area contributed by atoms with E-state index in [1.807, 2.05) is 24.3 Å². The van der Waals surface area contributed by atoms with Crippen molar-refractivity contribution in [1.29, 1.82) is 0 Å². The molecule has 0 radical (unpaired) electrons. The second-order valence-electron chi connectivity index (χ2n) is 25.5. The number of phosphoric acid groups is 2. The number of allylic oxidation sites excluding steroid dienone is 27. The third-order valence-electron chi connectivity index (χ3n) is 15.7. The summed E-state index contributed by atoms with van der Waals surface area (Å²) in [7, 11) is -10.0. The van der Waals surface area contributed by atoms with E-state index >= 15 is 0 Å². The molecular weight excluding hydrogens is 1350 g/mol. The minimum Gasteiger partial charge on any atom is -0.462 e. The van der Waals surface area contributed by atoms with Crippen LogP contribution in [-0.2, 0) is 65.4 Å². The molecule has 0 aromatic carbocycles. The number of phosphoric ester groups is 2. The molecule has 0 amide bonds. The molecule has 104 heavy (non-hydrogen) atoms. The molecule has 17 nitrogen and oxygen atoms in total. The average Bonchev–Trinajstić information content (AvgIpc) is 0.912. The summed E-state index contributed by atoms with van der Waals surface area (Å²) in [5.74, 6) is -2.41. The second kappa shape index (κ2) is 75.6. The van der Waals surface area contributed by atoms with Crippen molar-refractivity contribution in [1.82, 2.24) is 0 Å². The summed E-state index contributed by atoms with van der Waals surface area (Å²) < 4.78 is 68.4. The molecule has 0 fully saturated rings. The van der Waals surface area contributed by atoms with Gasteiger partial charge in [-0.1, -0.05) is 275 Å². The largest absolute Gasteiger partial charge is 0.472 e. The SMILES string of the molecule is CC/C=C\C/C=C\C/C=C\C/C=C\C/C=C\CC(=O)OCC(COP(=O)(O)OCC(O)COP(=O)(O)OCC(COC(=O)CCCCCCCC/C=C\C/C=C\C/C=C\C/C=C\CC)OC(=O)CCCCCCC/C=C\CCCCCCCC)OC(=O)CCCC/C=C\C/C=C\C/C=C\C/C=C\CC. The number of aliphatic hydroxyl groups excluding tert-OH is 1. The van der Waals surface area contributed by atoms with Crippen LogP contribution in [0.15, 0.2) is 170 Å². The Kier molecular flexibility index (Phi) is 71.6. The van der Waals surface area contributed by atoms with Crippen LogP contribution in [0.1, 0.15) is 285 Å². The summed E-state index contributed by atoms with van der Waals surface area (Å²) in [6, 6.07) is 0. The monoisotopic (exact) mass is 1490 g/mol. The van der Waals surface area contributed by atoms with E-state index in [4.69, 9.17) is 37.0 Å². The lowest BCUT2D eigenvalue weighted by atomic mass is 10.1. The molecule has 0 rings (SSSR count). The molecule has 19 heteroatoms. The average molecular weight is 1490 g/mol. The lowest BCUT2D eigenvalue weighted by Crippen LogP contribution is -2.30. The van der Waals surface area contributed by atoms with Gasteiger partial charge in [-0.3, -0.25) is 37.3 Å². The number of ether oxygens (including phenoxy) is 4. The van der Waals surface area contributed by atoms with E-state index in [1.54, 1.807) is 6.08 Å². The van der Waals surface area contributed by atoms with Crippen LogP contribution in [0, 0.1) is 0 Å². The molecule has 0 saturated heterocycles. The molecule has 5 unspecified atom stereocenters. The Morgan fingerprint density at radius 2 is 0.538 bits per heavy atom. The van der Waals surface area contributed by atoms with Crippen molar-refractivity contribution in [3.63, 3.8) is 0 Å². The van der Waals surface area contributed by atoms with Gasteiger partial charge in [-0.15, -0.1) is 0 Å². The molecule has 0 aromatic rings. The van der Waals surface area contributed by atoms with Crippen LogP contribution >= 0.6 is 15.6 Å². The van der Waals surface area contributed by atoms with Crippen LogP contribution in [0.25, 0.3) is 0 Å². The Bertz CT molecular complexity index is 2640. The van der Waals surface area contributed by atoms with Gasteiger partial charge in [0, 0.05) is 19.3 Å². The van der Waals surface area contributed by atoms with Gasteiger partial charge >= 0.3 is 39.5 Å². The molecular formula is C85H138O17P2. The number of carbonyl (C=O) groups is 4. The number of aliphatic hydroxyl groups is 1. The zero-order valence-corrected chi connectivity index (χ0v) is 66.2. The topological polar surface area (TPSA) is 237 Å². The van der Waals surface area contributed by atoms with E-state index in [2.05, 4.69) is 167 Å². The van der Waals surface area contributed by atoms with Crippen molar-refractivity contribution in [2.75, 3.05) is 39.6 Å². The van der Waals surface area contributed by atoms with E-state index in [-0.39, 0.29) is 25.7 Å². The first-order chi connectivity index (χ1) is 50.7. The van der Waals surface area contributed by atoms with Gasteiger partial charge in [-0.05, 0) is 154 Å². The Morgan fingerprint density at radius 1 is 0.288 bits per heavy atom. The number of rotatable bonds is 72. The smallest absolute Gasteiger partial charge is 0.462 e. The molecule has 0 spiro atoms. The zero-order chi connectivity index (χ0) is 76.0. The maximum Gasteiger partial charge on any atom is 0.472 e. The van der Waals surface area contributed by atoms with Gasteiger partial charge in [-0.2, -0.15) is 0 Å². The number of hydrogen-bond donors (Lipinski definition) is 3. The van der Waals surface area contributed by atoms with E-state index in [9.17, 15) is 43.2 Å². The molecule has 0 aliphatic carbocycles. The van der Waals surface area contributed by atoms with Gasteiger partial charge in [0.05, 0.1) is 32.8 Å². The molecule has 590 valence electrons. The van der Waals surface area contributed by atoms with Crippen molar-refractivity contribution >= 4 is 39.5 Å². The molecule has 0 saturated carbocycles. The highest BCUT2D eigenvalue weighted by atomic mass is 31.2. The summed E-state index contributed by atoms with van der Waals surface area (Å²) in [4.78, 5) is 72.9. The molecule has 0 aliphatic rings. The molecule has 5 atom stereocenters. The predicted molar refractivity (Wildman–Crippen MR) is 426 cm³/mol. The van der Waals surface area contributed by atoms with E-state index in [0.29, 0.717) is 32.1 Å². The van der Waals surface area contributed by atoms with Crippen molar-refractivity contribution < 1.29 is 80.2 Å². The van der Waals surface area contributed by atoms with Gasteiger partial charge in [-0.25, -0.2) is 9.13 Å². The Morgan fingerprint density at radius 3 is 0.885 bits per heavy atom. The van der Waals surface area contributed by atoms with E-state index in [0.717, 1.165) is 161 Å². The summed E-state index contributed by atoms with van der Waals surface area (Å²) in [5.41, 5.74) is 0. The van der Waals surface area contributed by atoms with E-state index < -0.39 is 97.5 Å². The number of unbranched alkanes of at least 4 members (excludes halogenated alkanes) is 19. The van der Waals surface area contributed by atoms with Crippen molar-refractivity contribution in [3.05, 3.63) is 170 Å². The maximum atomic E-state index is 13.1. The molecule has 0 heterocycles. The van der Waals surface area contributed by atoms with Crippen molar-refractivity contribution in [3.8, 4) is 0 Å². The van der Waals surface area contributed by atoms with Crippen LogP contribution in [0.4, 0.5) is 0 Å². The first-order valence-electron chi connectivity index (χ1n) is 39.4. The lowest BCUT2D eigenvalue weighted by Gasteiger charge is -2.21. The fourth-order valence-electron chi connectivity index (χ4n) is 9.80. The molecule has 3 N–H and O–H groups in total. The van der Waals surface area contributed by atoms with Gasteiger partial charge < -0.3 is 33.8 Å². The summed E-state index contributed by atoms with van der Waals surface area (Å²) >= 11 is 0. The van der Waals surface area contributed by atoms with Gasteiger partial charge in [0.15, 0.2) is 12.2 Å². The second-order valence-corrected chi connectivity index (χ2v) is 28.4. The van der Waals surface area contributed by atoms with Crippen LogP contribution in [0.2, 0.25) is 0 Å². The summed E-state index contributed by atoms with van der Waals surface area (Å²) in [5, 5.41) is 10.6. The third kappa shape index (κ3) is 74.7. The highest BCUT2D eigenvalue weighted by Gasteiger charge is 2.30. The maximum absolute atomic E-state index is 13.1. The first-order valence-corrected chi connectivity index (χ1v) is 42.4. The Balaban J connectivity index is 5.48. The normalized spacial score (nSPS) is 14.8. The Labute approximate surface area is 629 Å². The molecule has 0 aromatic heterocycles. The van der Waals surface area contributed by atoms with Crippen LogP contribution < -0.4 is 0 Å². The first kappa shape index (κ1) is 98.4. The quantitative estimate of drug-likeness (QED) is 0.0169. The van der Waals surface area contributed by atoms with Crippen molar-refractivity contribution in [2.24, 2.45) is 0 Å². The highest BCUT2D eigenvalue weighted by Crippen LogP contribution is 2.45. The number of carbonyl (C=O) groups excluding carboxylic acids is 4. The van der Waals surface area contributed by atoms with Crippen molar-refractivity contribution in [2.45, 2.75) is 303 Å². The van der Waals surface area contributed by atoms with Gasteiger partial charge in [0.25, 0.3) is 0 Å². The predicted octanol–water partition coefficient (Wildman–Crippen LogP) is 23.0. The molecule has 0 bridgehead atoms. The minimum atomic E-state index is -5.02. The molecule has 0 aliphatic heterocycles. The summed E-state index contributed by atoms with van der Waals surface area (Å²) in [6.45, 7) is 4.32. The van der Waals surface area contributed by atoms with Gasteiger partial charge in [0.1, 0.15) is 19.3 Å². The van der Waals surface area contributed by atoms with Crippen LogP contribution in [0.3, 0.4) is 0 Å². The van der Waals surface area contributed by atoms with Crippen LogP contribution in [-0.4, -0.2) is 96.7 Å². The number of esters is 4. The highest BCUT2D eigenvalue weighted by molar-refractivity contribution is 7.47. The van der Waals surface area contributed by atoms with Crippen LogP contribution in [0.5, 0.6) is 0 Å². The summed E-state index contributed by atoms with van der Waals surface area (Å²) in [6.07, 6.45) is 89.4. The zero-order valence-electron chi connectivity index (χ0n) is 64.4. The van der Waals surface area contributed by atoms with Gasteiger partial charge in [0.2, 0.25) is 0 Å². The lowest BCUT2D eigenvalue weighted by molar-refractivity contribution is -0.161. The Hall–Kier alpha value is -5.58. The number of hydrogen-bond acceptors (Lipinski definition) is 15. The van der Waals surface area contributed by atoms with E-state index in [1.165, 1.54) is 38.5 Å². The fourth-order valence-corrected chi connectivity index (χ4v) is 11.4. The standard InChI is InChI=1S/C85H138O17P2/c1-5-9-13-17-21-25-29-33-37-38-39-40-44-46-50-54-58-62-66-70-83(88)96-76-81(102-85(90)72-68-64-60-56-52-48-43-36-32-28-24-20-16-12-8-4)78-100-104(93,94)98-74-79(86)73-97-103(91,92)99-77-80(101-84(89)71-67-63-59-55-51-47-42-35-31-27-23-19-15-11-7-3)75-95-82(87)69-65-61-57-53-49-45-41-34-30-26-22-18-14-10-6-2/h9-11,13-15,21-23,25-27,33-37,39-43,49,51,53,55,61,65,79-81,86H,5-8,12,16-20,24,28-32,38,44-48,50,52,54,56-60,62-64,66-78H2,1-4H3,(H,91,92)(H,93,94)/b13-9-,14-10-,15-11-,25-21-,26-22-,27-23-,37-33-,40-39-,41-34-,42-35-,43-36-,53-49-,55-51-,65-61-. The minimum absolute atomic E-state index is 0.0170. The third-order valence-corrected chi connectivity index (χ3v) is 17.6. The fraction of sp³-hybridized carbons (Fsp3) is 0.624.